The summed E-state index contributed by atoms with van der Waals surface area (Å²) in [4.78, 5) is 12.1. The first kappa shape index (κ1) is 14.4. The van der Waals surface area contributed by atoms with Crippen molar-refractivity contribution >= 4 is 33.2 Å². The number of nitrogen functional groups attached to an aromatic ring is 1. The molecule has 0 bridgehead atoms. The van der Waals surface area contributed by atoms with Crippen LogP contribution in [-0.4, -0.2) is 13.0 Å². The van der Waals surface area contributed by atoms with Crippen LogP contribution in [0.1, 0.15) is 10.4 Å². The Morgan fingerprint density at radius 1 is 1.20 bits per heavy atom. The summed E-state index contributed by atoms with van der Waals surface area (Å²) in [6.45, 7) is 0. The zero-order valence-electron chi connectivity index (χ0n) is 10.8. The first-order valence-corrected chi connectivity index (χ1v) is 6.65. The highest BCUT2D eigenvalue weighted by atomic mass is 79.9. The first-order valence-electron chi connectivity index (χ1n) is 5.85. The van der Waals surface area contributed by atoms with Gasteiger partial charge in [-0.15, -0.1) is 0 Å². The molecule has 5 nitrogen and oxygen atoms in total. The van der Waals surface area contributed by atoms with E-state index in [1.807, 2.05) is 6.07 Å². The summed E-state index contributed by atoms with van der Waals surface area (Å²) in [7, 11) is 1.58. The minimum atomic E-state index is -0.206. The standard InChI is InChI=1S/C14H14BrN3O2/c1-20-11-6-7-12(15)13(8-11)17-14(19)9-2-4-10(18-16)5-3-9/h2-8,18H,16H2,1H3,(H,17,19). The summed E-state index contributed by atoms with van der Waals surface area (Å²) < 4.78 is 5.92. The maximum atomic E-state index is 12.1. The number of benzene rings is 2. The van der Waals surface area contributed by atoms with Gasteiger partial charge in [-0.25, -0.2) is 0 Å². The third-order valence-electron chi connectivity index (χ3n) is 2.74. The quantitative estimate of drug-likeness (QED) is 0.593. The molecule has 0 fully saturated rings. The van der Waals surface area contributed by atoms with Crippen molar-refractivity contribution in [2.24, 2.45) is 5.84 Å². The summed E-state index contributed by atoms with van der Waals surface area (Å²) in [5, 5.41) is 2.82. The van der Waals surface area contributed by atoms with Crippen molar-refractivity contribution in [3.05, 3.63) is 52.5 Å². The summed E-state index contributed by atoms with van der Waals surface area (Å²) in [5.41, 5.74) is 4.44. The number of nitrogens with two attached hydrogens (primary N) is 1. The van der Waals surface area contributed by atoms with Gasteiger partial charge in [0.05, 0.1) is 12.8 Å². The van der Waals surface area contributed by atoms with Crippen molar-refractivity contribution in [2.45, 2.75) is 0 Å². The molecule has 2 aromatic rings. The van der Waals surface area contributed by atoms with Crippen LogP contribution in [0.5, 0.6) is 5.75 Å². The first-order chi connectivity index (χ1) is 9.63. The Morgan fingerprint density at radius 3 is 2.50 bits per heavy atom. The Balaban J connectivity index is 2.18. The number of amides is 1. The summed E-state index contributed by atoms with van der Waals surface area (Å²) in [5.74, 6) is 5.75. The number of hydrazine groups is 1. The van der Waals surface area contributed by atoms with Crippen LogP contribution < -0.4 is 21.3 Å². The highest BCUT2D eigenvalue weighted by molar-refractivity contribution is 9.10. The fourth-order valence-corrected chi connectivity index (χ4v) is 1.99. The highest BCUT2D eigenvalue weighted by Crippen LogP contribution is 2.27. The van der Waals surface area contributed by atoms with Crippen molar-refractivity contribution in [3.8, 4) is 5.75 Å². The topological polar surface area (TPSA) is 76.4 Å². The zero-order valence-corrected chi connectivity index (χ0v) is 12.4. The number of anilines is 2. The molecular formula is C14H14BrN3O2. The second-order valence-electron chi connectivity index (χ2n) is 4.02. The van der Waals surface area contributed by atoms with Crippen molar-refractivity contribution in [3.63, 3.8) is 0 Å². The fourth-order valence-electron chi connectivity index (χ4n) is 1.64. The molecule has 0 saturated heterocycles. The second-order valence-corrected chi connectivity index (χ2v) is 4.88. The number of carbonyl (C=O) groups is 1. The van der Waals surface area contributed by atoms with Gasteiger partial charge < -0.3 is 15.5 Å². The molecule has 0 aliphatic carbocycles. The normalized spacial score (nSPS) is 9.95. The van der Waals surface area contributed by atoms with Crippen molar-refractivity contribution in [1.29, 1.82) is 0 Å². The third-order valence-corrected chi connectivity index (χ3v) is 3.43. The molecule has 104 valence electrons. The van der Waals surface area contributed by atoms with Crippen LogP contribution in [0, 0.1) is 0 Å². The lowest BCUT2D eigenvalue weighted by Gasteiger charge is -2.09. The molecule has 20 heavy (non-hydrogen) atoms. The molecule has 0 spiro atoms. The molecule has 0 saturated carbocycles. The van der Waals surface area contributed by atoms with Gasteiger partial charge in [-0.1, -0.05) is 0 Å². The highest BCUT2D eigenvalue weighted by Gasteiger charge is 2.09. The lowest BCUT2D eigenvalue weighted by atomic mass is 10.2. The molecule has 2 rings (SSSR count). The van der Waals surface area contributed by atoms with E-state index in [4.69, 9.17) is 10.6 Å². The van der Waals surface area contributed by atoms with E-state index in [2.05, 4.69) is 26.7 Å². The van der Waals surface area contributed by atoms with Crippen molar-refractivity contribution in [1.82, 2.24) is 0 Å². The number of carbonyl (C=O) groups excluding carboxylic acids is 1. The van der Waals surface area contributed by atoms with E-state index in [0.29, 0.717) is 17.0 Å². The minimum Gasteiger partial charge on any atom is -0.497 e. The fraction of sp³-hybridized carbons (Fsp3) is 0.0714. The van der Waals surface area contributed by atoms with Crippen LogP contribution in [0.15, 0.2) is 46.9 Å². The molecular weight excluding hydrogens is 322 g/mol. The van der Waals surface area contributed by atoms with Gasteiger partial charge in [0.25, 0.3) is 5.91 Å². The maximum Gasteiger partial charge on any atom is 0.255 e. The summed E-state index contributed by atoms with van der Waals surface area (Å²) in [6, 6.07) is 12.2. The molecule has 0 heterocycles. The Hall–Kier alpha value is -2.05. The molecule has 2 aromatic carbocycles. The van der Waals surface area contributed by atoms with Gasteiger partial charge in [0.1, 0.15) is 5.75 Å². The number of rotatable bonds is 4. The van der Waals surface area contributed by atoms with Gasteiger partial charge in [-0.3, -0.25) is 10.6 Å². The molecule has 1 amide bonds. The van der Waals surface area contributed by atoms with Gasteiger partial charge in [-0.2, -0.15) is 0 Å². The molecule has 0 aliphatic rings. The Morgan fingerprint density at radius 2 is 1.90 bits per heavy atom. The molecule has 0 radical (unpaired) electrons. The average Bonchev–Trinajstić information content (AvgIpc) is 2.49. The Kier molecular flexibility index (Phi) is 4.60. The van der Waals surface area contributed by atoms with E-state index < -0.39 is 0 Å². The SMILES string of the molecule is COc1ccc(Br)c(NC(=O)c2ccc(NN)cc2)c1. The van der Waals surface area contributed by atoms with Crippen molar-refractivity contribution < 1.29 is 9.53 Å². The van der Waals surface area contributed by atoms with Crippen LogP contribution in [-0.2, 0) is 0 Å². The molecule has 4 N–H and O–H groups in total. The minimum absolute atomic E-state index is 0.206. The van der Waals surface area contributed by atoms with E-state index in [-0.39, 0.29) is 5.91 Å². The van der Waals surface area contributed by atoms with Gasteiger partial charge in [0, 0.05) is 21.8 Å². The smallest absolute Gasteiger partial charge is 0.255 e. The van der Waals surface area contributed by atoms with Crippen LogP contribution in [0.4, 0.5) is 11.4 Å². The monoisotopic (exact) mass is 335 g/mol. The number of ether oxygens (including phenoxy) is 1. The van der Waals surface area contributed by atoms with Crippen molar-refractivity contribution in [2.75, 3.05) is 17.9 Å². The average molecular weight is 336 g/mol. The lowest BCUT2D eigenvalue weighted by molar-refractivity contribution is 0.102. The maximum absolute atomic E-state index is 12.1. The summed E-state index contributed by atoms with van der Waals surface area (Å²) in [6.07, 6.45) is 0. The van der Waals surface area contributed by atoms with E-state index in [0.717, 1.165) is 10.2 Å². The molecule has 6 heteroatoms. The Labute approximate surface area is 125 Å². The predicted molar refractivity (Wildman–Crippen MR) is 82.9 cm³/mol. The van der Waals surface area contributed by atoms with E-state index in [1.165, 1.54) is 0 Å². The Bertz CT molecular complexity index is 614. The van der Waals surface area contributed by atoms with E-state index in [9.17, 15) is 4.79 Å². The van der Waals surface area contributed by atoms with Gasteiger partial charge >= 0.3 is 0 Å². The van der Waals surface area contributed by atoms with E-state index >= 15 is 0 Å². The largest absolute Gasteiger partial charge is 0.497 e. The third kappa shape index (κ3) is 3.28. The van der Waals surface area contributed by atoms with Crippen LogP contribution in [0.3, 0.4) is 0 Å². The van der Waals surface area contributed by atoms with Crippen LogP contribution in [0.2, 0.25) is 0 Å². The lowest BCUT2D eigenvalue weighted by Crippen LogP contribution is -2.13. The number of hydrogen-bond donors (Lipinski definition) is 3. The number of halogens is 1. The van der Waals surface area contributed by atoms with Gasteiger partial charge in [-0.05, 0) is 52.3 Å². The van der Waals surface area contributed by atoms with Gasteiger partial charge in [0.15, 0.2) is 0 Å². The van der Waals surface area contributed by atoms with Gasteiger partial charge in [0.2, 0.25) is 0 Å². The number of nitrogens with one attached hydrogen (secondary N) is 2. The molecule has 0 unspecified atom stereocenters. The molecule has 0 aromatic heterocycles. The number of methoxy groups -OCH3 is 1. The van der Waals surface area contributed by atoms with E-state index in [1.54, 1.807) is 43.5 Å². The zero-order chi connectivity index (χ0) is 14.5. The summed E-state index contributed by atoms with van der Waals surface area (Å²) >= 11 is 3.39. The molecule has 0 aliphatic heterocycles. The number of hydrogen-bond acceptors (Lipinski definition) is 4. The van der Waals surface area contributed by atoms with Crippen LogP contribution >= 0.6 is 15.9 Å². The second kappa shape index (κ2) is 6.40. The van der Waals surface area contributed by atoms with Crippen LogP contribution in [0.25, 0.3) is 0 Å². The molecule has 0 atom stereocenters. The predicted octanol–water partition coefficient (Wildman–Crippen LogP) is 3.00.